The second-order valence-electron chi connectivity index (χ2n) is 8.48. The van der Waals surface area contributed by atoms with Gasteiger partial charge in [0.05, 0.1) is 34.0 Å². The van der Waals surface area contributed by atoms with Crippen molar-refractivity contribution in [1.29, 1.82) is 0 Å². The van der Waals surface area contributed by atoms with Crippen LogP contribution in [-0.4, -0.2) is 57.3 Å². The zero-order valence-electron chi connectivity index (χ0n) is 17.5. The highest BCUT2D eigenvalue weighted by Gasteiger charge is 2.32. The molecule has 1 aromatic carbocycles. The number of aromatic nitrogens is 2. The largest absolute Gasteiger partial charge is 0.341 e. The predicted molar refractivity (Wildman–Crippen MR) is 120 cm³/mol. The van der Waals surface area contributed by atoms with Crippen molar-refractivity contribution in [3.8, 4) is 11.3 Å². The first-order valence-corrected chi connectivity index (χ1v) is 11.4. The van der Waals surface area contributed by atoms with Crippen LogP contribution in [0, 0.1) is 5.92 Å². The molecule has 1 atom stereocenters. The van der Waals surface area contributed by atoms with Crippen molar-refractivity contribution in [3.63, 3.8) is 0 Å². The van der Waals surface area contributed by atoms with Crippen LogP contribution in [0.5, 0.6) is 0 Å². The number of benzene rings is 1. The van der Waals surface area contributed by atoms with Crippen molar-refractivity contribution in [3.05, 3.63) is 46.3 Å². The molecule has 2 N–H and O–H groups in total. The third-order valence-electron chi connectivity index (χ3n) is 6.13. The molecule has 1 saturated heterocycles. The molecule has 1 unspecified atom stereocenters. The number of carbonyl (C=O) groups excluding carboxylic acids is 1. The van der Waals surface area contributed by atoms with Crippen LogP contribution in [0.25, 0.3) is 11.3 Å². The fourth-order valence-corrected chi connectivity index (χ4v) is 4.61. The van der Waals surface area contributed by atoms with Crippen molar-refractivity contribution < 1.29 is 10.0 Å². The van der Waals surface area contributed by atoms with Crippen molar-refractivity contribution in [2.24, 2.45) is 5.92 Å². The van der Waals surface area contributed by atoms with Crippen LogP contribution in [0.2, 0.25) is 10.0 Å². The number of nitrogens with one attached hydrogen (secondary N) is 1. The zero-order chi connectivity index (χ0) is 22.0. The van der Waals surface area contributed by atoms with E-state index in [0.717, 1.165) is 55.8 Å². The fourth-order valence-electron chi connectivity index (χ4n) is 4.04. The molecule has 9 heteroatoms. The molecule has 2 amide bonds. The minimum Gasteiger partial charge on any atom is -0.329 e. The number of rotatable bonds is 6. The maximum Gasteiger partial charge on any atom is 0.341 e. The summed E-state index contributed by atoms with van der Waals surface area (Å²) in [5, 5.41) is 15.1. The highest BCUT2D eigenvalue weighted by molar-refractivity contribution is 6.44. The minimum atomic E-state index is -0.495. The summed E-state index contributed by atoms with van der Waals surface area (Å²) in [5.74, 6) is 0.537. The molecule has 7 nitrogen and oxygen atoms in total. The van der Waals surface area contributed by atoms with E-state index in [2.05, 4.69) is 20.2 Å². The minimum absolute atomic E-state index is 0.184. The summed E-state index contributed by atoms with van der Waals surface area (Å²) >= 11 is 13.2. The van der Waals surface area contributed by atoms with Crippen LogP contribution in [0.15, 0.2) is 30.7 Å². The van der Waals surface area contributed by atoms with Gasteiger partial charge >= 0.3 is 6.03 Å². The van der Waals surface area contributed by atoms with Gasteiger partial charge in [0.15, 0.2) is 0 Å². The van der Waals surface area contributed by atoms with Crippen LogP contribution in [-0.2, 0) is 0 Å². The third-order valence-corrected chi connectivity index (χ3v) is 7.03. The van der Waals surface area contributed by atoms with E-state index in [1.54, 1.807) is 18.6 Å². The molecule has 0 spiro atoms. The van der Waals surface area contributed by atoms with Gasteiger partial charge in [-0.15, -0.1) is 0 Å². The molecule has 1 aromatic heterocycles. The molecular weight excluding hydrogens is 437 g/mol. The lowest BCUT2D eigenvalue weighted by molar-refractivity contribution is -0.0921. The SMILES string of the molecule is CN1CCC(N(O)C(=O)NC(CC2CC2)c2ccc(-c3cnccn3)c(Cl)c2Cl)CC1. The van der Waals surface area contributed by atoms with Gasteiger partial charge in [-0.1, -0.05) is 48.2 Å². The van der Waals surface area contributed by atoms with Crippen LogP contribution in [0.3, 0.4) is 0 Å². The Morgan fingerprint density at radius 2 is 1.97 bits per heavy atom. The number of carbonyl (C=O) groups is 1. The van der Waals surface area contributed by atoms with E-state index in [1.165, 1.54) is 0 Å². The number of hydrogen-bond donors (Lipinski definition) is 2. The lowest BCUT2D eigenvalue weighted by Gasteiger charge is -2.34. The van der Waals surface area contributed by atoms with Crippen molar-refractivity contribution in [2.45, 2.75) is 44.2 Å². The molecule has 0 bridgehead atoms. The highest BCUT2D eigenvalue weighted by atomic mass is 35.5. The Kier molecular flexibility index (Phi) is 6.96. The molecule has 0 radical (unpaired) electrons. The Labute approximate surface area is 192 Å². The first kappa shape index (κ1) is 22.3. The summed E-state index contributed by atoms with van der Waals surface area (Å²) in [5.41, 5.74) is 2.07. The maximum atomic E-state index is 12.9. The maximum absolute atomic E-state index is 12.9. The van der Waals surface area contributed by atoms with Gasteiger partial charge in [0.25, 0.3) is 0 Å². The van der Waals surface area contributed by atoms with Crippen LogP contribution in [0.4, 0.5) is 4.79 Å². The van der Waals surface area contributed by atoms with E-state index < -0.39 is 6.03 Å². The number of hydroxylamine groups is 2. The predicted octanol–water partition coefficient (Wildman–Crippen LogP) is 4.79. The molecule has 31 heavy (non-hydrogen) atoms. The van der Waals surface area contributed by atoms with Gasteiger partial charge in [0.1, 0.15) is 0 Å². The number of likely N-dealkylation sites (tertiary alicyclic amines) is 1. The normalized spacial score (nSPS) is 18.6. The van der Waals surface area contributed by atoms with E-state index in [4.69, 9.17) is 23.2 Å². The number of piperidine rings is 1. The highest BCUT2D eigenvalue weighted by Crippen LogP contribution is 2.42. The van der Waals surface area contributed by atoms with Gasteiger partial charge in [0.2, 0.25) is 0 Å². The van der Waals surface area contributed by atoms with Crippen molar-refractivity contribution in [2.75, 3.05) is 20.1 Å². The van der Waals surface area contributed by atoms with E-state index in [0.29, 0.717) is 27.2 Å². The first-order valence-electron chi connectivity index (χ1n) is 10.7. The Morgan fingerprint density at radius 1 is 1.23 bits per heavy atom. The van der Waals surface area contributed by atoms with Gasteiger partial charge in [0, 0.05) is 18.0 Å². The summed E-state index contributed by atoms with van der Waals surface area (Å²) < 4.78 is 0. The van der Waals surface area contributed by atoms with Gasteiger partial charge in [-0.3, -0.25) is 15.2 Å². The van der Waals surface area contributed by atoms with Gasteiger partial charge in [-0.25, -0.2) is 9.86 Å². The Morgan fingerprint density at radius 3 is 2.61 bits per heavy atom. The molecule has 4 rings (SSSR count). The van der Waals surface area contributed by atoms with E-state index in [-0.39, 0.29) is 12.1 Å². The van der Waals surface area contributed by atoms with Crippen LogP contribution < -0.4 is 5.32 Å². The summed E-state index contributed by atoms with van der Waals surface area (Å²) in [6.45, 7) is 1.71. The standard InChI is InChI=1S/C22H27Cl2N5O2/c1-28-10-6-15(7-11-28)29(31)22(30)27-18(12-14-2-3-14)16-4-5-17(21(24)20(16)23)19-13-25-8-9-26-19/h4-5,8-9,13-15,18,31H,2-3,6-7,10-12H2,1H3,(H,27,30). The molecular formula is C22H27Cl2N5O2. The third kappa shape index (κ3) is 5.29. The molecule has 166 valence electrons. The van der Waals surface area contributed by atoms with Crippen molar-refractivity contribution in [1.82, 2.24) is 25.2 Å². The first-order chi connectivity index (χ1) is 14.9. The quantitative estimate of drug-likeness (QED) is 0.475. The Bertz CT molecular complexity index is 918. The number of amides is 2. The fraction of sp³-hybridized carbons (Fsp3) is 0.500. The number of hydrogen-bond acceptors (Lipinski definition) is 5. The average molecular weight is 464 g/mol. The number of urea groups is 1. The monoisotopic (exact) mass is 463 g/mol. The molecule has 1 aliphatic carbocycles. The second-order valence-corrected chi connectivity index (χ2v) is 9.24. The smallest absolute Gasteiger partial charge is 0.329 e. The van der Waals surface area contributed by atoms with Crippen molar-refractivity contribution >= 4 is 29.2 Å². The molecule has 2 aromatic rings. The Balaban J connectivity index is 1.54. The molecule has 1 saturated carbocycles. The molecule has 2 aliphatic rings. The lowest BCUT2D eigenvalue weighted by atomic mass is 9.98. The zero-order valence-corrected chi connectivity index (χ0v) is 19.0. The molecule has 2 fully saturated rings. The van der Waals surface area contributed by atoms with Crippen LogP contribution >= 0.6 is 23.2 Å². The summed E-state index contributed by atoms with van der Waals surface area (Å²) in [6.07, 6.45) is 9.34. The van der Waals surface area contributed by atoms with E-state index in [1.807, 2.05) is 19.2 Å². The summed E-state index contributed by atoms with van der Waals surface area (Å²) in [4.78, 5) is 23.4. The van der Waals surface area contributed by atoms with E-state index in [9.17, 15) is 10.0 Å². The summed E-state index contributed by atoms with van der Waals surface area (Å²) in [6, 6.07) is 2.72. The second kappa shape index (κ2) is 9.69. The van der Waals surface area contributed by atoms with Gasteiger partial charge < -0.3 is 10.2 Å². The number of nitrogens with zero attached hydrogens (tertiary/aromatic N) is 4. The molecule has 1 aliphatic heterocycles. The summed E-state index contributed by atoms with van der Waals surface area (Å²) in [7, 11) is 2.04. The van der Waals surface area contributed by atoms with Gasteiger partial charge in [-0.05, 0) is 50.9 Å². The Hall–Kier alpha value is -1.93. The topological polar surface area (TPSA) is 81.6 Å². The lowest BCUT2D eigenvalue weighted by Crippen LogP contribution is -2.49. The van der Waals surface area contributed by atoms with Gasteiger partial charge in [-0.2, -0.15) is 0 Å². The van der Waals surface area contributed by atoms with E-state index >= 15 is 0 Å². The average Bonchev–Trinajstić information content (AvgIpc) is 3.60. The van der Waals surface area contributed by atoms with Crippen LogP contribution in [0.1, 0.15) is 43.7 Å². The number of halogens is 2. The molecule has 2 heterocycles.